The zero-order chi connectivity index (χ0) is 18.5. The largest absolute Gasteiger partial charge is 0.497 e. The molecule has 0 bridgehead atoms. The molecule has 1 heterocycles. The topological polar surface area (TPSA) is 58.6 Å². The maximum absolute atomic E-state index is 13.8. The molecule has 136 valence electrons. The molecular formula is C20H21FN2O3. The first-order valence-electron chi connectivity index (χ1n) is 8.57. The summed E-state index contributed by atoms with van der Waals surface area (Å²) in [5.41, 5.74) is 0.786. The number of ether oxygens (including phenoxy) is 1. The van der Waals surface area contributed by atoms with E-state index in [1.165, 1.54) is 12.1 Å². The molecule has 0 aromatic heterocycles. The minimum Gasteiger partial charge on any atom is -0.497 e. The number of rotatable bonds is 4. The lowest BCUT2D eigenvalue weighted by molar-refractivity contribution is -0.121. The van der Waals surface area contributed by atoms with Gasteiger partial charge in [0.15, 0.2) is 0 Å². The first-order valence-corrected chi connectivity index (χ1v) is 8.57. The number of methoxy groups -OCH3 is 1. The van der Waals surface area contributed by atoms with Gasteiger partial charge in [-0.25, -0.2) is 4.39 Å². The van der Waals surface area contributed by atoms with Crippen molar-refractivity contribution in [2.75, 3.05) is 25.5 Å². The van der Waals surface area contributed by atoms with E-state index in [2.05, 4.69) is 5.32 Å². The Bertz CT molecular complexity index is 784. The molecule has 1 fully saturated rings. The van der Waals surface area contributed by atoms with Gasteiger partial charge < -0.3 is 15.0 Å². The lowest BCUT2D eigenvalue weighted by Gasteiger charge is -2.31. The number of anilines is 1. The van der Waals surface area contributed by atoms with E-state index in [1.807, 2.05) is 0 Å². The van der Waals surface area contributed by atoms with Gasteiger partial charge in [0.05, 0.1) is 12.7 Å². The van der Waals surface area contributed by atoms with Crippen molar-refractivity contribution in [2.24, 2.45) is 5.92 Å². The summed E-state index contributed by atoms with van der Waals surface area (Å²) in [6.45, 7) is 0.877. The number of hydrogen-bond acceptors (Lipinski definition) is 3. The fourth-order valence-corrected chi connectivity index (χ4v) is 3.07. The minimum absolute atomic E-state index is 0.0619. The number of likely N-dealkylation sites (tertiary alicyclic amines) is 1. The first kappa shape index (κ1) is 17.9. The summed E-state index contributed by atoms with van der Waals surface area (Å²) in [4.78, 5) is 26.4. The molecule has 0 aliphatic carbocycles. The van der Waals surface area contributed by atoms with Gasteiger partial charge in [-0.2, -0.15) is 0 Å². The van der Waals surface area contributed by atoms with Crippen LogP contribution in [0.3, 0.4) is 0 Å². The Kier molecular flexibility index (Phi) is 5.51. The second-order valence-electron chi connectivity index (χ2n) is 6.26. The summed E-state index contributed by atoms with van der Waals surface area (Å²) in [6, 6.07) is 13.1. The molecule has 1 saturated heterocycles. The van der Waals surface area contributed by atoms with Gasteiger partial charge in [-0.15, -0.1) is 0 Å². The maximum Gasteiger partial charge on any atom is 0.256 e. The highest BCUT2D eigenvalue weighted by atomic mass is 19.1. The molecule has 2 aromatic rings. The van der Waals surface area contributed by atoms with Crippen LogP contribution >= 0.6 is 0 Å². The number of amides is 2. The van der Waals surface area contributed by atoms with Gasteiger partial charge in [-0.3, -0.25) is 9.59 Å². The van der Waals surface area contributed by atoms with Crippen molar-refractivity contribution in [3.8, 4) is 5.75 Å². The van der Waals surface area contributed by atoms with E-state index >= 15 is 0 Å². The zero-order valence-corrected chi connectivity index (χ0v) is 14.6. The number of nitrogens with zero attached hydrogens (tertiary/aromatic N) is 1. The van der Waals surface area contributed by atoms with Crippen LogP contribution in [-0.4, -0.2) is 36.9 Å². The van der Waals surface area contributed by atoms with E-state index in [0.717, 1.165) is 5.75 Å². The number of halogens is 1. The van der Waals surface area contributed by atoms with E-state index in [0.29, 0.717) is 31.6 Å². The van der Waals surface area contributed by atoms with Crippen LogP contribution < -0.4 is 10.1 Å². The van der Waals surface area contributed by atoms with E-state index in [1.54, 1.807) is 48.4 Å². The number of benzene rings is 2. The van der Waals surface area contributed by atoms with E-state index in [-0.39, 0.29) is 23.3 Å². The first-order chi connectivity index (χ1) is 12.6. The molecule has 0 saturated carbocycles. The molecule has 2 aromatic carbocycles. The molecule has 1 aliphatic rings. The average molecular weight is 356 g/mol. The van der Waals surface area contributed by atoms with Crippen molar-refractivity contribution in [1.29, 1.82) is 0 Å². The summed E-state index contributed by atoms with van der Waals surface area (Å²) >= 11 is 0. The van der Waals surface area contributed by atoms with E-state index in [4.69, 9.17) is 4.74 Å². The van der Waals surface area contributed by atoms with Crippen LogP contribution in [0.15, 0.2) is 48.5 Å². The van der Waals surface area contributed by atoms with Gasteiger partial charge in [-0.05, 0) is 49.2 Å². The van der Waals surface area contributed by atoms with Crippen molar-refractivity contribution < 1.29 is 18.7 Å². The molecule has 3 rings (SSSR count). The molecule has 5 nitrogen and oxygen atoms in total. The third-order valence-corrected chi connectivity index (χ3v) is 4.61. The summed E-state index contributed by atoms with van der Waals surface area (Å²) < 4.78 is 18.9. The second-order valence-corrected chi connectivity index (χ2v) is 6.26. The predicted molar refractivity (Wildman–Crippen MR) is 96.7 cm³/mol. The lowest BCUT2D eigenvalue weighted by Crippen LogP contribution is -2.41. The third kappa shape index (κ3) is 4.02. The number of hydrogen-bond donors (Lipinski definition) is 1. The standard InChI is InChI=1S/C20H21FN2O3/c1-26-16-8-6-15(7-9-16)22-19(24)14-10-12-23(13-11-14)20(25)17-4-2-3-5-18(17)21/h2-9,14H,10-13H2,1H3,(H,22,24). The van der Waals surface area contributed by atoms with Crippen molar-refractivity contribution in [3.63, 3.8) is 0 Å². The molecule has 26 heavy (non-hydrogen) atoms. The van der Waals surface area contributed by atoms with Crippen molar-refractivity contribution in [3.05, 3.63) is 59.9 Å². The fourth-order valence-electron chi connectivity index (χ4n) is 3.07. The molecular weight excluding hydrogens is 335 g/mol. The third-order valence-electron chi connectivity index (χ3n) is 4.61. The highest BCUT2D eigenvalue weighted by Gasteiger charge is 2.28. The Morgan fingerprint density at radius 3 is 2.35 bits per heavy atom. The summed E-state index contributed by atoms with van der Waals surface area (Å²) in [6.07, 6.45) is 1.12. The van der Waals surface area contributed by atoms with Crippen LogP contribution in [-0.2, 0) is 4.79 Å². The Hall–Kier alpha value is -2.89. The molecule has 0 spiro atoms. The SMILES string of the molecule is COc1ccc(NC(=O)C2CCN(C(=O)c3ccccc3F)CC2)cc1. The smallest absolute Gasteiger partial charge is 0.256 e. The van der Waals surface area contributed by atoms with Gasteiger partial charge in [0, 0.05) is 24.7 Å². The number of carbonyl (C=O) groups is 2. The van der Waals surface area contributed by atoms with Gasteiger partial charge >= 0.3 is 0 Å². The summed E-state index contributed by atoms with van der Waals surface area (Å²) in [5, 5.41) is 2.89. The van der Waals surface area contributed by atoms with E-state index < -0.39 is 5.82 Å². The van der Waals surface area contributed by atoms with Crippen LogP contribution in [0.2, 0.25) is 0 Å². The minimum atomic E-state index is -0.517. The molecule has 0 atom stereocenters. The highest BCUT2D eigenvalue weighted by Crippen LogP contribution is 2.22. The van der Waals surface area contributed by atoms with Crippen molar-refractivity contribution in [1.82, 2.24) is 4.90 Å². The second kappa shape index (κ2) is 7.99. The van der Waals surface area contributed by atoms with Crippen LogP contribution in [0.25, 0.3) is 0 Å². The number of piperidine rings is 1. The predicted octanol–water partition coefficient (Wildman–Crippen LogP) is 3.33. The van der Waals surface area contributed by atoms with Crippen molar-refractivity contribution >= 4 is 17.5 Å². The Morgan fingerprint density at radius 1 is 1.08 bits per heavy atom. The lowest BCUT2D eigenvalue weighted by atomic mass is 9.95. The highest BCUT2D eigenvalue weighted by molar-refractivity contribution is 5.95. The molecule has 1 aliphatic heterocycles. The van der Waals surface area contributed by atoms with E-state index in [9.17, 15) is 14.0 Å². The van der Waals surface area contributed by atoms with Gasteiger partial charge in [0.1, 0.15) is 11.6 Å². The van der Waals surface area contributed by atoms with Crippen molar-refractivity contribution in [2.45, 2.75) is 12.8 Å². The molecule has 2 amide bonds. The van der Waals surface area contributed by atoms with Crippen LogP contribution in [0.4, 0.5) is 10.1 Å². The maximum atomic E-state index is 13.8. The molecule has 0 unspecified atom stereocenters. The molecule has 1 N–H and O–H groups in total. The van der Waals surface area contributed by atoms with Gasteiger partial charge in [0.2, 0.25) is 5.91 Å². The Labute approximate surface area is 151 Å². The van der Waals surface area contributed by atoms with Crippen LogP contribution in [0, 0.1) is 11.7 Å². The van der Waals surface area contributed by atoms with Gasteiger partial charge in [0.25, 0.3) is 5.91 Å². The fraction of sp³-hybridized carbons (Fsp3) is 0.300. The van der Waals surface area contributed by atoms with Crippen LogP contribution in [0.5, 0.6) is 5.75 Å². The average Bonchev–Trinajstić information content (AvgIpc) is 2.68. The summed E-state index contributed by atoms with van der Waals surface area (Å²) in [7, 11) is 1.59. The van der Waals surface area contributed by atoms with Gasteiger partial charge in [-0.1, -0.05) is 12.1 Å². The molecule has 0 radical (unpaired) electrons. The number of carbonyl (C=O) groups excluding carboxylic acids is 2. The Balaban J connectivity index is 1.55. The van der Waals surface area contributed by atoms with Crippen LogP contribution in [0.1, 0.15) is 23.2 Å². The zero-order valence-electron chi connectivity index (χ0n) is 14.6. The monoisotopic (exact) mass is 356 g/mol. The normalized spacial score (nSPS) is 14.8. The number of nitrogens with one attached hydrogen (secondary N) is 1. The molecule has 6 heteroatoms. The quantitative estimate of drug-likeness (QED) is 0.914. The summed E-state index contributed by atoms with van der Waals surface area (Å²) in [5.74, 6) is -0.341. The Morgan fingerprint density at radius 2 is 1.73 bits per heavy atom.